The molecular weight excluding hydrogens is 540 g/mol. The maximum absolute atomic E-state index is 12.0. The Morgan fingerprint density at radius 2 is 1.14 bits per heavy atom. The highest BCUT2D eigenvalue weighted by Crippen LogP contribution is 2.13. The number of nitrogens with zero attached hydrogens (tertiary/aromatic N) is 1. The second kappa shape index (κ2) is 24.2. The molecule has 0 bridgehead atoms. The molecule has 238 valence electrons. The van der Waals surface area contributed by atoms with Gasteiger partial charge in [-0.1, -0.05) is 96.8 Å². The summed E-state index contributed by atoms with van der Waals surface area (Å²) in [5.41, 5.74) is 0.538. The van der Waals surface area contributed by atoms with E-state index in [1.165, 1.54) is 89.6 Å². The summed E-state index contributed by atoms with van der Waals surface area (Å²) >= 11 is 0. The number of hydrogen-bond acceptors (Lipinski definition) is 6. The fraction of sp³-hybridized carbons (Fsp3) is 0.733. The van der Waals surface area contributed by atoms with Crippen molar-refractivity contribution >= 4 is 29.6 Å². The number of carboxylic acid groups (broad SMARTS) is 1. The minimum absolute atomic E-state index is 0.0102. The van der Waals surface area contributed by atoms with Crippen molar-refractivity contribution in [3.63, 3.8) is 0 Å². The summed E-state index contributed by atoms with van der Waals surface area (Å²) < 4.78 is 0. The number of nitrogens with one attached hydrogen (secondary N) is 5. The number of unbranched alkanes of at least 4 members (excludes halogenated alkanes) is 14. The van der Waals surface area contributed by atoms with E-state index in [1.54, 1.807) is 0 Å². The zero-order valence-electron chi connectivity index (χ0n) is 25.3. The lowest BCUT2D eigenvalue weighted by Crippen LogP contribution is -2.48. The molecule has 0 fully saturated rings. The third-order valence-corrected chi connectivity index (χ3v) is 6.96. The van der Waals surface area contributed by atoms with Crippen molar-refractivity contribution in [2.24, 2.45) is 0 Å². The maximum atomic E-state index is 12.0. The summed E-state index contributed by atoms with van der Waals surface area (Å²) in [5.74, 6) is -3.26. The Balaban J connectivity index is 1.97. The zero-order valence-corrected chi connectivity index (χ0v) is 25.3. The number of amides is 4. The van der Waals surface area contributed by atoms with E-state index < -0.39 is 36.3 Å². The van der Waals surface area contributed by atoms with Crippen molar-refractivity contribution in [3.05, 3.63) is 18.2 Å². The van der Waals surface area contributed by atoms with Gasteiger partial charge in [0, 0.05) is 24.7 Å². The molecule has 0 aliphatic rings. The minimum Gasteiger partial charge on any atom is -0.480 e. The second-order valence-electron chi connectivity index (χ2n) is 10.8. The fourth-order valence-corrected chi connectivity index (χ4v) is 4.47. The van der Waals surface area contributed by atoms with E-state index in [4.69, 9.17) is 0 Å². The third kappa shape index (κ3) is 20.4. The number of aliphatic carboxylic acids is 1. The number of hydrogen-bond donors (Lipinski definition) is 6. The van der Waals surface area contributed by atoms with Gasteiger partial charge in [-0.05, 0) is 6.42 Å². The lowest BCUT2D eigenvalue weighted by atomic mass is 10.0. The predicted molar refractivity (Wildman–Crippen MR) is 160 cm³/mol. The Hall–Kier alpha value is -3.44. The van der Waals surface area contributed by atoms with Gasteiger partial charge < -0.3 is 31.4 Å². The SMILES string of the molecule is CCCCCCCCCCCCCCCCCC(=O)NCC(=O)NCC(=O)NCC(=O)N[C@@H](Cc1cnc[nH]1)C(=O)O. The van der Waals surface area contributed by atoms with E-state index in [0.29, 0.717) is 12.1 Å². The molecule has 6 N–H and O–H groups in total. The van der Waals surface area contributed by atoms with Gasteiger partial charge in [0.1, 0.15) is 6.04 Å². The highest BCUT2D eigenvalue weighted by Gasteiger charge is 2.21. The van der Waals surface area contributed by atoms with Gasteiger partial charge in [0.25, 0.3) is 0 Å². The molecule has 12 heteroatoms. The normalized spacial score (nSPS) is 11.5. The van der Waals surface area contributed by atoms with Crippen LogP contribution in [0.25, 0.3) is 0 Å². The first kappa shape index (κ1) is 36.6. The lowest BCUT2D eigenvalue weighted by Gasteiger charge is -2.14. The van der Waals surface area contributed by atoms with E-state index in [1.807, 2.05) is 0 Å². The summed E-state index contributed by atoms with van der Waals surface area (Å²) in [6.45, 7) is 1.19. The van der Waals surface area contributed by atoms with Crippen molar-refractivity contribution in [1.82, 2.24) is 31.2 Å². The molecular formula is C30H52N6O6. The first-order valence-corrected chi connectivity index (χ1v) is 15.6. The van der Waals surface area contributed by atoms with Gasteiger partial charge in [-0.3, -0.25) is 19.2 Å². The van der Waals surface area contributed by atoms with E-state index in [0.717, 1.165) is 19.3 Å². The summed E-state index contributed by atoms with van der Waals surface area (Å²) in [5, 5.41) is 18.8. The molecule has 42 heavy (non-hydrogen) atoms. The molecule has 0 saturated heterocycles. The molecule has 1 aromatic heterocycles. The lowest BCUT2D eigenvalue weighted by molar-refractivity contribution is -0.141. The molecule has 1 aromatic rings. The van der Waals surface area contributed by atoms with Gasteiger partial charge in [-0.2, -0.15) is 0 Å². The van der Waals surface area contributed by atoms with Crippen LogP contribution < -0.4 is 21.3 Å². The van der Waals surface area contributed by atoms with Crippen LogP contribution in [0.2, 0.25) is 0 Å². The number of aromatic nitrogens is 2. The van der Waals surface area contributed by atoms with Crippen LogP contribution in [-0.2, 0) is 30.4 Å². The molecule has 0 saturated carbocycles. The molecule has 0 aliphatic carbocycles. The Morgan fingerprint density at radius 1 is 0.690 bits per heavy atom. The van der Waals surface area contributed by atoms with Crippen LogP contribution in [0.4, 0.5) is 0 Å². The van der Waals surface area contributed by atoms with Crippen LogP contribution in [0, 0.1) is 0 Å². The molecule has 0 radical (unpaired) electrons. The quantitative estimate of drug-likeness (QED) is 0.0893. The van der Waals surface area contributed by atoms with Crippen LogP contribution >= 0.6 is 0 Å². The summed E-state index contributed by atoms with van der Waals surface area (Å²) in [6, 6.07) is -1.19. The summed E-state index contributed by atoms with van der Waals surface area (Å²) in [4.78, 5) is 65.7. The number of aromatic amines is 1. The standard InChI is InChI=1S/C30H52N6O6/c1-2-3-4-5-6-7-8-9-10-11-12-13-14-15-16-17-26(37)32-20-27(38)33-21-28(39)34-22-29(40)36-25(30(41)42)18-24-19-31-23-35-24/h19,23,25H,2-18,20-22H2,1H3,(H,31,35)(H,32,37)(H,33,38)(H,34,39)(H,36,40)(H,41,42)/t25-/m0/s1. The van der Waals surface area contributed by atoms with Gasteiger partial charge in [-0.25, -0.2) is 9.78 Å². The highest BCUT2D eigenvalue weighted by molar-refractivity contribution is 5.91. The number of carbonyl (C=O) groups is 5. The van der Waals surface area contributed by atoms with E-state index >= 15 is 0 Å². The maximum Gasteiger partial charge on any atom is 0.326 e. The second-order valence-corrected chi connectivity index (χ2v) is 10.8. The Labute approximate surface area is 250 Å². The molecule has 0 aliphatic heterocycles. The van der Waals surface area contributed by atoms with Crippen LogP contribution in [-0.4, -0.2) is 70.3 Å². The first-order valence-electron chi connectivity index (χ1n) is 15.6. The number of carboxylic acids is 1. The molecule has 1 rings (SSSR count). The monoisotopic (exact) mass is 592 g/mol. The van der Waals surface area contributed by atoms with Crippen LogP contribution in [0.15, 0.2) is 12.5 Å². The molecule has 0 spiro atoms. The van der Waals surface area contributed by atoms with Crippen molar-refractivity contribution in [2.75, 3.05) is 19.6 Å². The highest BCUT2D eigenvalue weighted by atomic mass is 16.4. The van der Waals surface area contributed by atoms with Crippen molar-refractivity contribution < 1.29 is 29.1 Å². The smallest absolute Gasteiger partial charge is 0.326 e. The molecule has 1 heterocycles. The van der Waals surface area contributed by atoms with Gasteiger partial charge in [0.05, 0.1) is 26.0 Å². The van der Waals surface area contributed by atoms with Gasteiger partial charge in [0.15, 0.2) is 0 Å². The van der Waals surface area contributed by atoms with E-state index in [9.17, 15) is 29.1 Å². The number of carbonyl (C=O) groups excluding carboxylic acids is 4. The largest absolute Gasteiger partial charge is 0.480 e. The van der Waals surface area contributed by atoms with Crippen molar-refractivity contribution in [2.45, 2.75) is 122 Å². The van der Waals surface area contributed by atoms with Gasteiger partial charge in [-0.15, -0.1) is 0 Å². The van der Waals surface area contributed by atoms with Gasteiger partial charge in [0.2, 0.25) is 23.6 Å². The predicted octanol–water partition coefficient (Wildman–Crippen LogP) is 3.13. The van der Waals surface area contributed by atoms with Crippen LogP contribution in [0.1, 0.15) is 115 Å². The summed E-state index contributed by atoms with van der Waals surface area (Å²) in [7, 11) is 0. The minimum atomic E-state index is -1.22. The first-order chi connectivity index (χ1) is 20.3. The number of rotatable bonds is 26. The van der Waals surface area contributed by atoms with E-state index in [-0.39, 0.29) is 25.4 Å². The Bertz CT molecular complexity index is 908. The van der Waals surface area contributed by atoms with Crippen molar-refractivity contribution in [1.29, 1.82) is 0 Å². The van der Waals surface area contributed by atoms with Gasteiger partial charge >= 0.3 is 5.97 Å². The Morgan fingerprint density at radius 3 is 1.60 bits per heavy atom. The molecule has 0 aromatic carbocycles. The number of H-pyrrole nitrogens is 1. The average Bonchev–Trinajstić information content (AvgIpc) is 3.48. The van der Waals surface area contributed by atoms with E-state index in [2.05, 4.69) is 38.2 Å². The van der Waals surface area contributed by atoms with Crippen LogP contribution in [0.3, 0.4) is 0 Å². The number of imidazole rings is 1. The fourth-order valence-electron chi connectivity index (χ4n) is 4.47. The zero-order chi connectivity index (χ0) is 30.8. The van der Waals surface area contributed by atoms with Crippen LogP contribution in [0.5, 0.6) is 0 Å². The third-order valence-electron chi connectivity index (χ3n) is 6.96. The molecule has 12 nitrogen and oxygen atoms in total. The topological polar surface area (TPSA) is 182 Å². The Kier molecular flexibility index (Phi) is 21.1. The average molecular weight is 593 g/mol. The molecule has 1 atom stereocenters. The van der Waals surface area contributed by atoms with Crippen molar-refractivity contribution in [3.8, 4) is 0 Å². The molecule has 0 unspecified atom stereocenters. The summed E-state index contributed by atoms with van der Waals surface area (Å²) in [6.07, 6.45) is 22.0. The molecule has 4 amide bonds.